The van der Waals surface area contributed by atoms with Crippen molar-refractivity contribution in [3.8, 4) is 11.3 Å². The molecular formula is C17H16N2O3. The number of amides is 1. The van der Waals surface area contributed by atoms with Gasteiger partial charge in [0.2, 0.25) is 0 Å². The van der Waals surface area contributed by atoms with Crippen molar-refractivity contribution in [2.45, 2.75) is 12.8 Å². The average Bonchev–Trinajstić information content (AvgIpc) is 3.09. The summed E-state index contributed by atoms with van der Waals surface area (Å²) in [7, 11) is 0. The SMILES string of the molecule is O=C(O)c1ccc(-c2cccc(C(=O)N3CCCC3)c2)nc1. The van der Waals surface area contributed by atoms with Crippen LogP contribution < -0.4 is 0 Å². The molecule has 0 bridgehead atoms. The molecule has 1 saturated heterocycles. The molecule has 0 saturated carbocycles. The molecule has 2 heterocycles. The van der Waals surface area contributed by atoms with Gasteiger partial charge >= 0.3 is 5.97 Å². The van der Waals surface area contributed by atoms with E-state index in [1.54, 1.807) is 12.1 Å². The average molecular weight is 296 g/mol. The number of nitrogens with zero attached hydrogens (tertiary/aromatic N) is 2. The van der Waals surface area contributed by atoms with E-state index in [9.17, 15) is 9.59 Å². The maximum atomic E-state index is 12.4. The molecule has 1 fully saturated rings. The van der Waals surface area contributed by atoms with E-state index in [0.717, 1.165) is 31.5 Å². The Balaban J connectivity index is 1.87. The van der Waals surface area contributed by atoms with Crippen LogP contribution >= 0.6 is 0 Å². The van der Waals surface area contributed by atoms with Crippen molar-refractivity contribution >= 4 is 11.9 Å². The van der Waals surface area contributed by atoms with Crippen LogP contribution in [-0.4, -0.2) is 40.0 Å². The van der Waals surface area contributed by atoms with Gasteiger partial charge in [-0.1, -0.05) is 12.1 Å². The van der Waals surface area contributed by atoms with E-state index < -0.39 is 5.97 Å². The fourth-order valence-electron chi connectivity index (χ4n) is 2.61. The molecule has 1 aromatic heterocycles. The number of hydrogen-bond donors (Lipinski definition) is 1. The largest absolute Gasteiger partial charge is 0.478 e. The molecule has 112 valence electrons. The highest BCUT2D eigenvalue weighted by molar-refractivity contribution is 5.95. The summed E-state index contributed by atoms with van der Waals surface area (Å²) in [6.45, 7) is 1.63. The molecule has 0 radical (unpaired) electrons. The molecule has 1 aliphatic rings. The number of carboxylic acid groups (broad SMARTS) is 1. The van der Waals surface area contributed by atoms with Crippen LogP contribution in [0.15, 0.2) is 42.6 Å². The molecule has 1 aromatic carbocycles. The van der Waals surface area contributed by atoms with E-state index in [0.29, 0.717) is 11.3 Å². The van der Waals surface area contributed by atoms with Gasteiger partial charge in [-0.3, -0.25) is 9.78 Å². The van der Waals surface area contributed by atoms with E-state index in [1.165, 1.54) is 12.3 Å². The molecule has 1 amide bonds. The first kappa shape index (κ1) is 14.3. The Hall–Kier alpha value is -2.69. The molecule has 5 nitrogen and oxygen atoms in total. The normalized spacial score (nSPS) is 14.1. The summed E-state index contributed by atoms with van der Waals surface area (Å²) >= 11 is 0. The summed E-state index contributed by atoms with van der Waals surface area (Å²) < 4.78 is 0. The lowest BCUT2D eigenvalue weighted by Crippen LogP contribution is -2.27. The van der Waals surface area contributed by atoms with E-state index >= 15 is 0 Å². The Morgan fingerprint density at radius 2 is 1.82 bits per heavy atom. The Morgan fingerprint density at radius 1 is 1.05 bits per heavy atom. The Bertz CT molecular complexity index is 704. The van der Waals surface area contributed by atoms with Gasteiger partial charge in [0.1, 0.15) is 0 Å². The molecule has 0 spiro atoms. The van der Waals surface area contributed by atoms with E-state index in [1.807, 2.05) is 23.1 Å². The van der Waals surface area contributed by atoms with Crippen LogP contribution in [0.2, 0.25) is 0 Å². The van der Waals surface area contributed by atoms with Crippen LogP contribution in [0, 0.1) is 0 Å². The smallest absolute Gasteiger partial charge is 0.337 e. The fraction of sp³-hybridized carbons (Fsp3) is 0.235. The van der Waals surface area contributed by atoms with Gasteiger partial charge in [0.15, 0.2) is 0 Å². The van der Waals surface area contributed by atoms with Gasteiger partial charge in [-0.15, -0.1) is 0 Å². The van der Waals surface area contributed by atoms with Crippen molar-refractivity contribution in [2.24, 2.45) is 0 Å². The maximum absolute atomic E-state index is 12.4. The second-order valence-corrected chi connectivity index (χ2v) is 5.32. The van der Waals surface area contributed by atoms with Gasteiger partial charge < -0.3 is 10.0 Å². The van der Waals surface area contributed by atoms with Gasteiger partial charge in [-0.2, -0.15) is 0 Å². The zero-order valence-electron chi connectivity index (χ0n) is 12.0. The summed E-state index contributed by atoms with van der Waals surface area (Å²) in [5, 5.41) is 8.89. The minimum Gasteiger partial charge on any atom is -0.478 e. The van der Waals surface area contributed by atoms with Crippen LogP contribution in [0.3, 0.4) is 0 Å². The second-order valence-electron chi connectivity index (χ2n) is 5.32. The van der Waals surface area contributed by atoms with Crippen molar-refractivity contribution in [3.63, 3.8) is 0 Å². The lowest BCUT2D eigenvalue weighted by molar-refractivity contribution is 0.0695. The first-order valence-corrected chi connectivity index (χ1v) is 7.24. The molecule has 0 unspecified atom stereocenters. The number of carboxylic acids is 1. The van der Waals surface area contributed by atoms with E-state index in [2.05, 4.69) is 4.98 Å². The monoisotopic (exact) mass is 296 g/mol. The van der Waals surface area contributed by atoms with Crippen molar-refractivity contribution < 1.29 is 14.7 Å². The lowest BCUT2D eigenvalue weighted by atomic mass is 10.1. The fourth-order valence-corrected chi connectivity index (χ4v) is 2.61. The highest BCUT2D eigenvalue weighted by atomic mass is 16.4. The Labute approximate surface area is 128 Å². The third kappa shape index (κ3) is 2.83. The maximum Gasteiger partial charge on any atom is 0.337 e. The number of carbonyl (C=O) groups is 2. The molecule has 0 atom stereocenters. The summed E-state index contributed by atoms with van der Waals surface area (Å²) in [6, 6.07) is 10.5. The molecule has 1 aliphatic heterocycles. The number of hydrogen-bond acceptors (Lipinski definition) is 3. The molecule has 1 N–H and O–H groups in total. The second kappa shape index (κ2) is 5.97. The zero-order valence-corrected chi connectivity index (χ0v) is 12.0. The van der Waals surface area contributed by atoms with Crippen LogP contribution in [0.4, 0.5) is 0 Å². The number of likely N-dealkylation sites (tertiary alicyclic amines) is 1. The molecule has 5 heteroatoms. The quantitative estimate of drug-likeness (QED) is 0.945. The Kier molecular flexibility index (Phi) is 3.87. The minimum absolute atomic E-state index is 0.0431. The van der Waals surface area contributed by atoms with Crippen LogP contribution in [0.1, 0.15) is 33.6 Å². The van der Waals surface area contributed by atoms with Gasteiger partial charge in [0, 0.05) is 30.4 Å². The van der Waals surface area contributed by atoms with Crippen molar-refractivity contribution in [2.75, 3.05) is 13.1 Å². The number of pyridine rings is 1. The van der Waals surface area contributed by atoms with Gasteiger partial charge in [-0.05, 0) is 37.1 Å². The topological polar surface area (TPSA) is 70.5 Å². The van der Waals surface area contributed by atoms with Crippen molar-refractivity contribution in [1.29, 1.82) is 0 Å². The van der Waals surface area contributed by atoms with Gasteiger partial charge in [0.25, 0.3) is 5.91 Å². The molecule has 3 rings (SSSR count). The summed E-state index contributed by atoms with van der Waals surface area (Å²) in [4.78, 5) is 29.3. The number of aromatic carboxylic acids is 1. The van der Waals surface area contributed by atoms with Crippen LogP contribution in [-0.2, 0) is 0 Å². The number of benzene rings is 1. The van der Waals surface area contributed by atoms with E-state index in [4.69, 9.17) is 5.11 Å². The summed E-state index contributed by atoms with van der Waals surface area (Å²) in [5.41, 5.74) is 2.25. The third-order valence-corrected chi connectivity index (χ3v) is 3.81. The van der Waals surface area contributed by atoms with E-state index in [-0.39, 0.29) is 11.5 Å². The van der Waals surface area contributed by atoms with Crippen LogP contribution in [0.25, 0.3) is 11.3 Å². The number of aromatic nitrogens is 1. The summed E-state index contributed by atoms with van der Waals surface area (Å²) in [5.74, 6) is -0.960. The third-order valence-electron chi connectivity index (χ3n) is 3.81. The zero-order chi connectivity index (χ0) is 15.5. The predicted molar refractivity (Wildman–Crippen MR) is 81.8 cm³/mol. The predicted octanol–water partition coefficient (Wildman–Crippen LogP) is 2.68. The molecule has 2 aromatic rings. The molecular weight excluding hydrogens is 280 g/mol. The Morgan fingerprint density at radius 3 is 2.45 bits per heavy atom. The van der Waals surface area contributed by atoms with Crippen molar-refractivity contribution in [3.05, 3.63) is 53.7 Å². The first-order chi connectivity index (χ1) is 10.6. The number of carbonyl (C=O) groups excluding carboxylic acids is 1. The van der Waals surface area contributed by atoms with Gasteiger partial charge in [-0.25, -0.2) is 4.79 Å². The van der Waals surface area contributed by atoms with Gasteiger partial charge in [0.05, 0.1) is 11.3 Å². The summed E-state index contributed by atoms with van der Waals surface area (Å²) in [6.07, 6.45) is 3.44. The minimum atomic E-state index is -1.00. The first-order valence-electron chi connectivity index (χ1n) is 7.24. The highest BCUT2D eigenvalue weighted by Crippen LogP contribution is 2.20. The van der Waals surface area contributed by atoms with Crippen molar-refractivity contribution in [1.82, 2.24) is 9.88 Å². The molecule has 0 aliphatic carbocycles. The lowest BCUT2D eigenvalue weighted by Gasteiger charge is -2.15. The molecule has 22 heavy (non-hydrogen) atoms. The van der Waals surface area contributed by atoms with Crippen LogP contribution in [0.5, 0.6) is 0 Å². The number of rotatable bonds is 3. The standard InChI is InChI=1S/C17H16N2O3/c20-16(19-8-1-2-9-19)13-5-3-4-12(10-13)15-7-6-14(11-18-15)17(21)22/h3-7,10-11H,1-2,8-9H2,(H,21,22). The highest BCUT2D eigenvalue weighted by Gasteiger charge is 2.19.